The first-order valence-corrected chi connectivity index (χ1v) is 7.73. The van der Waals surface area contributed by atoms with E-state index in [1.807, 2.05) is 0 Å². The van der Waals surface area contributed by atoms with Gasteiger partial charge in [-0.05, 0) is 38.0 Å². The first-order chi connectivity index (χ1) is 8.67. The lowest BCUT2D eigenvalue weighted by atomic mass is 9.83. The molecule has 1 aliphatic rings. The highest BCUT2D eigenvalue weighted by Crippen LogP contribution is 2.28. The van der Waals surface area contributed by atoms with E-state index < -0.39 is 0 Å². The van der Waals surface area contributed by atoms with Crippen molar-refractivity contribution in [1.82, 2.24) is 5.32 Å². The van der Waals surface area contributed by atoms with Gasteiger partial charge < -0.3 is 11.1 Å². The number of rotatable bonds is 7. The van der Waals surface area contributed by atoms with E-state index in [9.17, 15) is 4.79 Å². The second-order valence-electron chi connectivity index (χ2n) is 5.76. The van der Waals surface area contributed by atoms with E-state index in [2.05, 4.69) is 19.2 Å². The SMILES string of the molecule is CCCCC1CCC(NC(=O)C(N)CCC)CC1. The first-order valence-electron chi connectivity index (χ1n) is 7.73. The lowest BCUT2D eigenvalue weighted by Crippen LogP contribution is -2.46. The molecule has 0 spiro atoms. The fourth-order valence-corrected chi connectivity index (χ4v) is 2.84. The van der Waals surface area contributed by atoms with Crippen molar-refractivity contribution < 1.29 is 4.79 Å². The van der Waals surface area contributed by atoms with E-state index in [0.717, 1.165) is 31.6 Å². The molecule has 1 rings (SSSR count). The Kier molecular flexibility index (Phi) is 7.33. The first kappa shape index (κ1) is 15.5. The monoisotopic (exact) mass is 254 g/mol. The molecule has 0 radical (unpaired) electrons. The van der Waals surface area contributed by atoms with Crippen LogP contribution in [0, 0.1) is 5.92 Å². The number of hydrogen-bond donors (Lipinski definition) is 2. The van der Waals surface area contributed by atoms with Crippen LogP contribution in [-0.2, 0) is 4.79 Å². The molecule has 1 unspecified atom stereocenters. The van der Waals surface area contributed by atoms with Crippen molar-refractivity contribution in [3.05, 3.63) is 0 Å². The minimum atomic E-state index is -0.312. The number of carbonyl (C=O) groups is 1. The van der Waals surface area contributed by atoms with Gasteiger partial charge >= 0.3 is 0 Å². The van der Waals surface area contributed by atoms with Gasteiger partial charge in [-0.25, -0.2) is 0 Å². The Morgan fingerprint density at radius 1 is 1.22 bits per heavy atom. The zero-order chi connectivity index (χ0) is 13.4. The lowest BCUT2D eigenvalue weighted by Gasteiger charge is -2.29. The van der Waals surface area contributed by atoms with Gasteiger partial charge in [0.1, 0.15) is 0 Å². The van der Waals surface area contributed by atoms with Gasteiger partial charge in [-0.3, -0.25) is 4.79 Å². The van der Waals surface area contributed by atoms with Crippen molar-refractivity contribution in [2.75, 3.05) is 0 Å². The molecule has 0 saturated heterocycles. The molecule has 1 fully saturated rings. The van der Waals surface area contributed by atoms with Gasteiger partial charge in [0.05, 0.1) is 6.04 Å². The summed E-state index contributed by atoms with van der Waals surface area (Å²) >= 11 is 0. The van der Waals surface area contributed by atoms with Crippen LogP contribution in [0.2, 0.25) is 0 Å². The highest BCUT2D eigenvalue weighted by Gasteiger charge is 2.23. The summed E-state index contributed by atoms with van der Waals surface area (Å²) in [6.07, 6.45) is 10.6. The highest BCUT2D eigenvalue weighted by molar-refractivity contribution is 5.81. The number of nitrogens with one attached hydrogen (secondary N) is 1. The Morgan fingerprint density at radius 2 is 1.89 bits per heavy atom. The maximum atomic E-state index is 11.8. The van der Waals surface area contributed by atoms with Gasteiger partial charge in [0.2, 0.25) is 5.91 Å². The molecule has 3 nitrogen and oxygen atoms in total. The van der Waals surface area contributed by atoms with Crippen LogP contribution < -0.4 is 11.1 Å². The van der Waals surface area contributed by atoms with Gasteiger partial charge in [0.15, 0.2) is 0 Å². The van der Waals surface area contributed by atoms with Crippen LogP contribution in [-0.4, -0.2) is 18.0 Å². The molecule has 1 aliphatic carbocycles. The number of nitrogens with two attached hydrogens (primary N) is 1. The smallest absolute Gasteiger partial charge is 0.237 e. The minimum absolute atomic E-state index is 0.0499. The maximum Gasteiger partial charge on any atom is 0.237 e. The molecule has 0 bridgehead atoms. The molecule has 0 aromatic carbocycles. The standard InChI is InChI=1S/C15H30N2O/c1-3-5-7-12-8-10-13(11-9-12)17-15(18)14(16)6-4-2/h12-14H,3-11,16H2,1-2H3,(H,17,18). The molecule has 1 saturated carbocycles. The summed E-state index contributed by atoms with van der Waals surface area (Å²) in [7, 11) is 0. The molecular formula is C15H30N2O. The van der Waals surface area contributed by atoms with E-state index in [4.69, 9.17) is 5.73 Å². The van der Waals surface area contributed by atoms with E-state index in [0.29, 0.717) is 6.04 Å². The third kappa shape index (κ3) is 5.38. The zero-order valence-corrected chi connectivity index (χ0v) is 12.1. The number of amides is 1. The molecule has 0 aromatic rings. The van der Waals surface area contributed by atoms with E-state index in [1.54, 1.807) is 0 Å². The van der Waals surface area contributed by atoms with E-state index in [-0.39, 0.29) is 11.9 Å². The van der Waals surface area contributed by atoms with Crippen molar-refractivity contribution in [1.29, 1.82) is 0 Å². The van der Waals surface area contributed by atoms with Crippen molar-refractivity contribution in [2.45, 2.75) is 83.7 Å². The molecule has 1 atom stereocenters. The van der Waals surface area contributed by atoms with Gasteiger partial charge in [0, 0.05) is 6.04 Å². The molecule has 18 heavy (non-hydrogen) atoms. The quantitative estimate of drug-likeness (QED) is 0.734. The summed E-state index contributed by atoms with van der Waals surface area (Å²) in [6, 6.07) is 0.0612. The van der Waals surface area contributed by atoms with Crippen molar-refractivity contribution in [3.63, 3.8) is 0 Å². The summed E-state index contributed by atoms with van der Waals surface area (Å²) in [5.74, 6) is 0.941. The van der Waals surface area contributed by atoms with Crippen molar-refractivity contribution in [2.24, 2.45) is 11.7 Å². The number of hydrogen-bond acceptors (Lipinski definition) is 2. The summed E-state index contributed by atoms with van der Waals surface area (Å²) in [6.45, 7) is 4.31. The van der Waals surface area contributed by atoms with Crippen LogP contribution in [0.3, 0.4) is 0 Å². The molecule has 0 aliphatic heterocycles. The maximum absolute atomic E-state index is 11.8. The Morgan fingerprint density at radius 3 is 2.44 bits per heavy atom. The van der Waals surface area contributed by atoms with Crippen LogP contribution >= 0.6 is 0 Å². The number of unbranched alkanes of at least 4 members (excludes halogenated alkanes) is 1. The normalized spacial score (nSPS) is 25.7. The second kappa shape index (κ2) is 8.52. The highest BCUT2D eigenvalue weighted by atomic mass is 16.2. The fraction of sp³-hybridized carbons (Fsp3) is 0.933. The molecule has 3 heteroatoms. The second-order valence-corrected chi connectivity index (χ2v) is 5.76. The predicted molar refractivity (Wildman–Crippen MR) is 76.3 cm³/mol. The topological polar surface area (TPSA) is 55.1 Å². The molecule has 1 amide bonds. The molecule has 3 N–H and O–H groups in total. The van der Waals surface area contributed by atoms with Crippen LogP contribution in [0.5, 0.6) is 0 Å². The average molecular weight is 254 g/mol. The average Bonchev–Trinajstić information content (AvgIpc) is 2.38. The minimum Gasteiger partial charge on any atom is -0.352 e. The molecular weight excluding hydrogens is 224 g/mol. The fourth-order valence-electron chi connectivity index (χ4n) is 2.84. The Hall–Kier alpha value is -0.570. The predicted octanol–water partition coefficient (Wildman–Crippen LogP) is 2.98. The summed E-state index contributed by atoms with van der Waals surface area (Å²) in [4.78, 5) is 11.8. The summed E-state index contributed by atoms with van der Waals surface area (Å²) in [5.41, 5.74) is 5.83. The van der Waals surface area contributed by atoms with Gasteiger partial charge in [-0.15, -0.1) is 0 Å². The van der Waals surface area contributed by atoms with E-state index >= 15 is 0 Å². The Balaban J connectivity index is 2.20. The summed E-state index contributed by atoms with van der Waals surface area (Å²) < 4.78 is 0. The van der Waals surface area contributed by atoms with Gasteiger partial charge in [-0.2, -0.15) is 0 Å². The van der Waals surface area contributed by atoms with Gasteiger partial charge in [-0.1, -0.05) is 39.5 Å². The molecule has 106 valence electrons. The van der Waals surface area contributed by atoms with Crippen LogP contribution in [0.25, 0.3) is 0 Å². The Bertz CT molecular complexity index is 235. The Labute approximate surface area is 112 Å². The third-order valence-corrected chi connectivity index (χ3v) is 4.10. The largest absolute Gasteiger partial charge is 0.352 e. The molecule has 0 heterocycles. The third-order valence-electron chi connectivity index (χ3n) is 4.10. The van der Waals surface area contributed by atoms with Crippen LogP contribution in [0.15, 0.2) is 0 Å². The lowest BCUT2D eigenvalue weighted by molar-refractivity contribution is -0.123. The molecule has 0 aromatic heterocycles. The van der Waals surface area contributed by atoms with Crippen molar-refractivity contribution >= 4 is 5.91 Å². The van der Waals surface area contributed by atoms with Crippen LogP contribution in [0.1, 0.15) is 71.6 Å². The number of carbonyl (C=O) groups excluding carboxylic acids is 1. The van der Waals surface area contributed by atoms with E-state index in [1.165, 1.54) is 32.1 Å². The zero-order valence-electron chi connectivity index (χ0n) is 12.1. The van der Waals surface area contributed by atoms with Crippen molar-refractivity contribution in [3.8, 4) is 0 Å². The summed E-state index contributed by atoms with van der Waals surface area (Å²) in [5, 5.41) is 3.12. The van der Waals surface area contributed by atoms with Gasteiger partial charge in [0.25, 0.3) is 0 Å². The van der Waals surface area contributed by atoms with Crippen LogP contribution in [0.4, 0.5) is 0 Å².